The maximum Gasteiger partial charge on any atom is 0.297 e. The third kappa shape index (κ3) is 1.55. The van der Waals surface area contributed by atoms with Crippen LogP contribution in [0.5, 0.6) is 0 Å². The Labute approximate surface area is 70.4 Å². The lowest BCUT2D eigenvalue weighted by Gasteiger charge is -2.03. The van der Waals surface area contributed by atoms with Gasteiger partial charge in [-0.15, -0.1) is 0 Å². The monoisotopic (exact) mass is 169 g/mol. The van der Waals surface area contributed by atoms with Crippen molar-refractivity contribution >= 4 is 11.9 Å². The molecule has 0 aliphatic heterocycles. The van der Waals surface area contributed by atoms with Crippen molar-refractivity contribution in [1.29, 1.82) is 0 Å². The number of carbonyl (C=O) groups is 1. The summed E-state index contributed by atoms with van der Waals surface area (Å²) < 4.78 is 5.10. The molecule has 0 unspecified atom stereocenters. The maximum absolute atomic E-state index is 11.0. The van der Waals surface area contributed by atoms with Crippen molar-refractivity contribution in [3.63, 3.8) is 0 Å². The number of hydrogen-bond acceptors (Lipinski definition) is 4. The average Bonchev–Trinajstić information content (AvgIpc) is 2.51. The smallest absolute Gasteiger partial charge is 0.297 e. The van der Waals surface area contributed by atoms with Gasteiger partial charge < -0.3 is 14.6 Å². The number of hydrogen-bond donors (Lipinski definition) is 1. The summed E-state index contributed by atoms with van der Waals surface area (Å²) in [4.78, 5) is 16.6. The number of amides is 1. The summed E-state index contributed by atoms with van der Waals surface area (Å²) >= 11 is 0. The summed E-state index contributed by atoms with van der Waals surface area (Å²) in [5.74, 6) is -0.0446. The molecule has 0 saturated heterocycles. The molecule has 0 aliphatic carbocycles. The van der Waals surface area contributed by atoms with Crippen molar-refractivity contribution in [1.82, 2.24) is 10.3 Å². The molecule has 0 bridgehead atoms. The van der Waals surface area contributed by atoms with Crippen molar-refractivity contribution in [3.8, 4) is 0 Å². The fraction of sp³-hybridized carbons (Fsp3) is 0.429. The van der Waals surface area contributed by atoms with Crippen molar-refractivity contribution in [3.05, 3.63) is 12.0 Å². The molecule has 0 aromatic carbocycles. The fourth-order valence-electron chi connectivity index (χ4n) is 0.700. The lowest BCUT2D eigenvalue weighted by atomic mass is 10.5. The predicted octanol–water partition coefficient (Wildman–Crippen LogP) is 0.100. The van der Waals surface area contributed by atoms with Gasteiger partial charge in [0, 0.05) is 21.1 Å². The molecule has 1 heterocycles. The van der Waals surface area contributed by atoms with E-state index in [1.54, 1.807) is 26.0 Å². The van der Waals surface area contributed by atoms with E-state index >= 15 is 0 Å². The summed E-state index contributed by atoms with van der Waals surface area (Å²) in [6, 6.07) is 0.425. The number of aromatic nitrogens is 1. The van der Waals surface area contributed by atoms with Gasteiger partial charge in [-0.1, -0.05) is 0 Å². The van der Waals surface area contributed by atoms with Gasteiger partial charge in [0.2, 0.25) is 5.76 Å². The topological polar surface area (TPSA) is 58.4 Å². The third-order valence-corrected chi connectivity index (χ3v) is 1.33. The molecule has 0 radical (unpaired) electrons. The van der Waals surface area contributed by atoms with E-state index in [4.69, 9.17) is 4.42 Å². The first-order valence-corrected chi connectivity index (χ1v) is 3.50. The SMILES string of the molecule is CNC(=O)c1cnc(N(C)C)o1. The van der Waals surface area contributed by atoms with Gasteiger partial charge in [0.25, 0.3) is 11.9 Å². The molecule has 1 aromatic rings. The summed E-state index contributed by atoms with van der Waals surface area (Å²) in [6.07, 6.45) is 1.40. The normalized spacial score (nSPS) is 9.58. The van der Waals surface area contributed by atoms with Crippen LogP contribution in [0.1, 0.15) is 10.6 Å². The van der Waals surface area contributed by atoms with E-state index in [0.29, 0.717) is 6.01 Å². The number of oxazole rings is 1. The van der Waals surface area contributed by atoms with Gasteiger partial charge in [-0.25, -0.2) is 4.98 Å². The fourth-order valence-corrected chi connectivity index (χ4v) is 0.700. The molecule has 0 spiro atoms. The van der Waals surface area contributed by atoms with E-state index in [-0.39, 0.29) is 11.7 Å². The Kier molecular flexibility index (Phi) is 2.32. The van der Waals surface area contributed by atoms with Gasteiger partial charge in [0.1, 0.15) is 0 Å². The van der Waals surface area contributed by atoms with Crippen LogP contribution >= 0.6 is 0 Å². The first kappa shape index (κ1) is 8.58. The molecular weight excluding hydrogens is 158 g/mol. The average molecular weight is 169 g/mol. The molecule has 1 amide bonds. The highest BCUT2D eigenvalue weighted by Gasteiger charge is 2.10. The van der Waals surface area contributed by atoms with Gasteiger partial charge >= 0.3 is 0 Å². The summed E-state index contributed by atoms with van der Waals surface area (Å²) in [6.45, 7) is 0. The zero-order valence-corrected chi connectivity index (χ0v) is 7.29. The van der Waals surface area contributed by atoms with Gasteiger partial charge in [-0.2, -0.15) is 0 Å². The molecular formula is C7H11N3O2. The molecule has 1 rings (SSSR count). The van der Waals surface area contributed by atoms with Gasteiger partial charge in [-0.3, -0.25) is 4.79 Å². The van der Waals surface area contributed by atoms with E-state index < -0.39 is 0 Å². The molecule has 5 nitrogen and oxygen atoms in total. The van der Waals surface area contributed by atoms with E-state index in [1.165, 1.54) is 6.20 Å². The van der Waals surface area contributed by atoms with Crippen LogP contribution in [0, 0.1) is 0 Å². The van der Waals surface area contributed by atoms with Crippen LogP contribution in [0.4, 0.5) is 6.01 Å². The van der Waals surface area contributed by atoms with Crippen molar-refractivity contribution < 1.29 is 9.21 Å². The van der Waals surface area contributed by atoms with Gasteiger partial charge in [-0.05, 0) is 0 Å². The summed E-state index contributed by atoms with van der Waals surface area (Å²) in [5, 5.41) is 2.44. The Morgan fingerprint density at radius 1 is 1.67 bits per heavy atom. The minimum Gasteiger partial charge on any atom is -0.418 e. The Bertz CT molecular complexity index is 280. The zero-order chi connectivity index (χ0) is 9.14. The predicted molar refractivity (Wildman–Crippen MR) is 44.2 cm³/mol. The molecule has 1 N–H and O–H groups in total. The molecule has 0 fully saturated rings. The number of rotatable bonds is 2. The number of anilines is 1. The second kappa shape index (κ2) is 3.25. The molecule has 66 valence electrons. The van der Waals surface area contributed by atoms with E-state index in [0.717, 1.165) is 0 Å². The number of carbonyl (C=O) groups excluding carboxylic acids is 1. The molecule has 1 aromatic heterocycles. The molecule has 0 atom stereocenters. The lowest BCUT2D eigenvalue weighted by Crippen LogP contribution is -2.16. The van der Waals surface area contributed by atoms with E-state index in [9.17, 15) is 4.79 Å². The standard InChI is InChI=1S/C7H11N3O2/c1-8-6(11)5-4-9-7(12-5)10(2)3/h4H,1-3H3,(H,8,11). The van der Waals surface area contributed by atoms with Crippen molar-refractivity contribution in [2.45, 2.75) is 0 Å². The van der Waals surface area contributed by atoms with Gasteiger partial charge in [0.15, 0.2) is 0 Å². The minimum absolute atomic E-state index is 0.223. The van der Waals surface area contributed by atoms with Crippen LogP contribution in [0.15, 0.2) is 10.6 Å². The largest absolute Gasteiger partial charge is 0.418 e. The molecule has 5 heteroatoms. The summed E-state index contributed by atoms with van der Waals surface area (Å²) in [5.41, 5.74) is 0. The summed E-state index contributed by atoms with van der Waals surface area (Å²) in [7, 11) is 5.12. The Hall–Kier alpha value is -1.52. The number of nitrogens with zero attached hydrogens (tertiary/aromatic N) is 2. The quantitative estimate of drug-likeness (QED) is 0.682. The van der Waals surface area contributed by atoms with E-state index in [1.807, 2.05) is 0 Å². The van der Waals surface area contributed by atoms with Crippen LogP contribution in [-0.4, -0.2) is 32.0 Å². The second-order valence-corrected chi connectivity index (χ2v) is 2.48. The second-order valence-electron chi connectivity index (χ2n) is 2.48. The van der Waals surface area contributed by atoms with Crippen molar-refractivity contribution in [2.24, 2.45) is 0 Å². The Morgan fingerprint density at radius 2 is 2.33 bits per heavy atom. The van der Waals surface area contributed by atoms with Crippen LogP contribution in [0.3, 0.4) is 0 Å². The minimum atomic E-state index is -0.268. The highest BCUT2D eigenvalue weighted by atomic mass is 16.4. The first-order chi connectivity index (χ1) is 5.65. The molecule has 12 heavy (non-hydrogen) atoms. The lowest BCUT2D eigenvalue weighted by molar-refractivity contribution is 0.0936. The maximum atomic E-state index is 11.0. The number of nitrogens with one attached hydrogen (secondary N) is 1. The van der Waals surface area contributed by atoms with Gasteiger partial charge in [0.05, 0.1) is 6.20 Å². The van der Waals surface area contributed by atoms with Crippen molar-refractivity contribution in [2.75, 3.05) is 26.0 Å². The highest BCUT2D eigenvalue weighted by molar-refractivity contribution is 5.91. The van der Waals surface area contributed by atoms with Crippen LogP contribution in [0.2, 0.25) is 0 Å². The Balaban J connectivity index is 2.84. The molecule has 0 saturated carbocycles. The van der Waals surface area contributed by atoms with Crippen LogP contribution in [0.25, 0.3) is 0 Å². The zero-order valence-electron chi connectivity index (χ0n) is 7.29. The van der Waals surface area contributed by atoms with Crippen LogP contribution < -0.4 is 10.2 Å². The highest BCUT2D eigenvalue weighted by Crippen LogP contribution is 2.10. The van der Waals surface area contributed by atoms with E-state index in [2.05, 4.69) is 10.3 Å². The van der Waals surface area contributed by atoms with Crippen LogP contribution in [-0.2, 0) is 0 Å². The first-order valence-electron chi connectivity index (χ1n) is 3.50. The third-order valence-electron chi connectivity index (χ3n) is 1.33. The molecule has 0 aliphatic rings. The Morgan fingerprint density at radius 3 is 2.75 bits per heavy atom.